The summed E-state index contributed by atoms with van der Waals surface area (Å²) in [4.78, 5) is 83.6. The fourth-order valence-corrected chi connectivity index (χ4v) is 5.99. The first-order valence-electron chi connectivity index (χ1n) is 16.6. The number of carboxylic acids is 2. The highest BCUT2D eigenvalue weighted by atomic mass is 16.5. The van der Waals surface area contributed by atoms with Gasteiger partial charge in [-0.15, -0.1) is 0 Å². The predicted octanol–water partition coefficient (Wildman–Crippen LogP) is 1.84. The zero-order valence-electron chi connectivity index (χ0n) is 28.4. The van der Waals surface area contributed by atoms with Gasteiger partial charge in [-0.2, -0.15) is 0 Å². The lowest BCUT2D eigenvalue weighted by Crippen LogP contribution is -2.58. The number of carbonyl (C=O) groups excluding carboxylic acids is 4. The number of carbonyl (C=O) groups is 6. The molecule has 0 unspecified atom stereocenters. The Labute approximate surface area is 303 Å². The molecule has 0 saturated heterocycles. The van der Waals surface area contributed by atoms with Crippen molar-refractivity contribution in [1.82, 2.24) is 31.2 Å². The molecule has 5 rings (SSSR count). The monoisotopic (exact) mass is 726 g/mol. The molecule has 4 amide bonds. The van der Waals surface area contributed by atoms with Gasteiger partial charge < -0.3 is 46.3 Å². The Kier molecular flexibility index (Phi) is 12.0. The summed E-state index contributed by atoms with van der Waals surface area (Å²) < 4.78 is 5.51. The normalized spacial score (nSPS) is 14.0. The van der Waals surface area contributed by atoms with Crippen LogP contribution in [-0.2, 0) is 41.6 Å². The molecule has 16 nitrogen and oxygen atoms in total. The van der Waals surface area contributed by atoms with Gasteiger partial charge in [0, 0.05) is 30.7 Å². The molecule has 0 bridgehead atoms. The molecule has 53 heavy (non-hydrogen) atoms. The SMILES string of the molecule is C[C@H](NC(=O)[C@H](Cc1ccc(O)cc1)NC(=O)[C@H](Cc1cnc[nH]1)NC(=O)[C@H](CC(=O)O)NC(=O)OCC1c2ccccc2-c2ccccc21)C(=O)O. The van der Waals surface area contributed by atoms with Crippen LogP contribution >= 0.6 is 0 Å². The molecule has 0 radical (unpaired) electrons. The minimum atomic E-state index is -1.67. The van der Waals surface area contributed by atoms with E-state index < -0.39 is 66.3 Å². The largest absolute Gasteiger partial charge is 0.508 e. The number of hydrogen-bond acceptors (Lipinski definition) is 9. The first-order chi connectivity index (χ1) is 25.4. The van der Waals surface area contributed by atoms with Crippen LogP contribution in [0.5, 0.6) is 5.75 Å². The highest BCUT2D eigenvalue weighted by molar-refractivity contribution is 5.96. The number of imidazole rings is 1. The van der Waals surface area contributed by atoms with E-state index in [2.05, 4.69) is 31.2 Å². The van der Waals surface area contributed by atoms with Crippen molar-refractivity contribution in [3.63, 3.8) is 0 Å². The zero-order chi connectivity index (χ0) is 38.1. The van der Waals surface area contributed by atoms with E-state index in [-0.39, 0.29) is 31.1 Å². The van der Waals surface area contributed by atoms with Crippen LogP contribution in [-0.4, -0.2) is 91.8 Å². The predicted molar refractivity (Wildman–Crippen MR) is 187 cm³/mol. The van der Waals surface area contributed by atoms with Gasteiger partial charge in [0.2, 0.25) is 17.7 Å². The molecule has 1 aromatic heterocycles. The first-order valence-corrected chi connectivity index (χ1v) is 16.6. The van der Waals surface area contributed by atoms with Gasteiger partial charge in [-0.25, -0.2) is 9.78 Å². The Morgan fingerprint density at radius 2 is 1.32 bits per heavy atom. The first kappa shape index (κ1) is 37.5. The summed E-state index contributed by atoms with van der Waals surface area (Å²) in [7, 11) is 0. The average Bonchev–Trinajstić information content (AvgIpc) is 3.76. The van der Waals surface area contributed by atoms with E-state index in [0.29, 0.717) is 11.3 Å². The third-order valence-electron chi connectivity index (χ3n) is 8.68. The number of benzene rings is 3. The Morgan fingerprint density at radius 1 is 0.755 bits per heavy atom. The molecule has 0 aliphatic heterocycles. The quantitative estimate of drug-likeness (QED) is 0.0827. The van der Waals surface area contributed by atoms with E-state index in [9.17, 15) is 44.1 Å². The molecule has 1 aliphatic rings. The number of aromatic hydroxyl groups is 1. The van der Waals surface area contributed by atoms with Crippen molar-refractivity contribution in [2.45, 2.75) is 56.3 Å². The van der Waals surface area contributed by atoms with E-state index in [4.69, 9.17) is 4.74 Å². The summed E-state index contributed by atoms with van der Waals surface area (Å²) in [6.07, 6.45) is 0.507. The van der Waals surface area contributed by atoms with E-state index in [0.717, 1.165) is 22.3 Å². The number of rotatable bonds is 16. The van der Waals surface area contributed by atoms with Crippen LogP contribution in [0, 0.1) is 0 Å². The number of nitrogens with one attached hydrogen (secondary N) is 5. The number of alkyl carbamates (subject to hydrolysis) is 1. The van der Waals surface area contributed by atoms with Crippen LogP contribution in [0.25, 0.3) is 11.1 Å². The van der Waals surface area contributed by atoms with E-state index >= 15 is 0 Å². The van der Waals surface area contributed by atoms with E-state index in [1.807, 2.05) is 48.5 Å². The molecule has 4 aromatic rings. The number of H-pyrrole nitrogens is 1. The van der Waals surface area contributed by atoms with Crippen LogP contribution < -0.4 is 21.3 Å². The van der Waals surface area contributed by atoms with Gasteiger partial charge in [-0.05, 0) is 46.9 Å². The molecule has 0 saturated carbocycles. The van der Waals surface area contributed by atoms with Crippen LogP contribution in [0.3, 0.4) is 0 Å². The number of nitrogens with zero attached hydrogens (tertiary/aromatic N) is 1. The van der Waals surface area contributed by atoms with Crippen molar-refractivity contribution < 1.29 is 48.8 Å². The number of hydrogen-bond donors (Lipinski definition) is 8. The van der Waals surface area contributed by atoms with Gasteiger partial charge in [-0.3, -0.25) is 24.0 Å². The van der Waals surface area contributed by atoms with Crippen molar-refractivity contribution >= 4 is 35.8 Å². The maximum Gasteiger partial charge on any atom is 0.407 e. The zero-order valence-corrected chi connectivity index (χ0v) is 28.4. The number of aliphatic carboxylic acids is 2. The van der Waals surface area contributed by atoms with Gasteiger partial charge in [0.15, 0.2) is 0 Å². The van der Waals surface area contributed by atoms with Gasteiger partial charge in [-0.1, -0.05) is 60.7 Å². The molecule has 276 valence electrons. The number of aromatic amines is 1. The van der Waals surface area contributed by atoms with Crippen molar-refractivity contribution in [2.75, 3.05) is 6.61 Å². The summed E-state index contributed by atoms with van der Waals surface area (Å²) >= 11 is 0. The Hall–Kier alpha value is -6.71. The molecular formula is C37H38N6O10. The summed E-state index contributed by atoms with van der Waals surface area (Å²) in [6, 6.07) is 15.4. The van der Waals surface area contributed by atoms with Crippen LogP contribution in [0.2, 0.25) is 0 Å². The standard InChI is InChI=1S/C37H38N6O10/c1-20(36(50)51)40-33(47)29(14-21-10-12-23(44)13-11-21)41-34(48)30(15-22-17-38-19-39-22)42-35(49)31(16-32(45)46)43-37(52)53-18-28-26-8-4-2-6-24(26)25-7-3-5-9-27(25)28/h2-13,17,19-20,28-31,44H,14-16,18H2,1H3,(H,38,39)(H,40,47)(H,41,48)(H,42,49)(H,43,52)(H,45,46)(H,50,51)/t20-,29-,30-,31-/m0/s1. The minimum absolute atomic E-state index is 0.0387. The maximum atomic E-state index is 13.8. The van der Waals surface area contributed by atoms with Gasteiger partial charge in [0.25, 0.3) is 0 Å². The summed E-state index contributed by atoms with van der Waals surface area (Å²) in [6.45, 7) is 1.14. The summed E-state index contributed by atoms with van der Waals surface area (Å²) in [5.74, 6) is -5.82. The lowest BCUT2D eigenvalue weighted by Gasteiger charge is -2.25. The number of phenols is 1. The van der Waals surface area contributed by atoms with Crippen LogP contribution in [0.15, 0.2) is 85.3 Å². The molecule has 8 N–H and O–H groups in total. The number of phenolic OH excluding ortho intramolecular Hbond substituents is 1. The summed E-state index contributed by atoms with van der Waals surface area (Å²) in [5.41, 5.74) is 4.80. The number of carboxylic acid groups (broad SMARTS) is 2. The smallest absolute Gasteiger partial charge is 0.407 e. The molecule has 1 heterocycles. The van der Waals surface area contributed by atoms with Crippen molar-refractivity contribution in [3.05, 3.63) is 108 Å². The van der Waals surface area contributed by atoms with E-state index in [1.54, 1.807) is 0 Å². The molecule has 3 aromatic carbocycles. The van der Waals surface area contributed by atoms with Gasteiger partial charge >= 0.3 is 18.0 Å². The van der Waals surface area contributed by atoms with Crippen molar-refractivity contribution in [2.24, 2.45) is 0 Å². The second-order valence-electron chi connectivity index (χ2n) is 12.5. The highest BCUT2D eigenvalue weighted by Crippen LogP contribution is 2.44. The Morgan fingerprint density at radius 3 is 1.89 bits per heavy atom. The number of fused-ring (bicyclic) bond motifs is 3. The lowest BCUT2D eigenvalue weighted by atomic mass is 9.98. The lowest BCUT2D eigenvalue weighted by molar-refractivity contribution is -0.141. The molecule has 1 aliphatic carbocycles. The second kappa shape index (κ2) is 17.0. The molecule has 0 fully saturated rings. The molecular weight excluding hydrogens is 688 g/mol. The van der Waals surface area contributed by atoms with Crippen LogP contribution in [0.4, 0.5) is 4.79 Å². The number of ether oxygens (including phenoxy) is 1. The maximum absolute atomic E-state index is 13.8. The fourth-order valence-electron chi connectivity index (χ4n) is 5.99. The number of aromatic nitrogens is 2. The van der Waals surface area contributed by atoms with E-state index in [1.165, 1.54) is 43.7 Å². The third-order valence-corrected chi connectivity index (χ3v) is 8.68. The third kappa shape index (κ3) is 9.75. The highest BCUT2D eigenvalue weighted by Gasteiger charge is 2.33. The Bertz CT molecular complexity index is 1920. The van der Waals surface area contributed by atoms with Crippen molar-refractivity contribution in [3.8, 4) is 16.9 Å². The average molecular weight is 727 g/mol. The molecule has 16 heteroatoms. The molecule has 0 spiro atoms. The van der Waals surface area contributed by atoms with Crippen LogP contribution in [0.1, 0.15) is 41.6 Å². The van der Waals surface area contributed by atoms with Crippen molar-refractivity contribution in [1.29, 1.82) is 0 Å². The Balaban J connectivity index is 1.30. The molecule has 4 atom stereocenters. The summed E-state index contributed by atoms with van der Waals surface area (Å²) in [5, 5.41) is 38.2. The number of amides is 4. The fraction of sp³-hybridized carbons (Fsp3) is 0.270. The minimum Gasteiger partial charge on any atom is -0.508 e. The second-order valence-corrected chi connectivity index (χ2v) is 12.5. The van der Waals surface area contributed by atoms with Gasteiger partial charge in [0.05, 0.1) is 12.7 Å². The van der Waals surface area contributed by atoms with Gasteiger partial charge in [0.1, 0.15) is 36.5 Å². The topological polar surface area (TPSA) is 249 Å².